The van der Waals surface area contributed by atoms with Crippen LogP contribution in [0.5, 0.6) is 0 Å². The van der Waals surface area contributed by atoms with Crippen LogP contribution in [-0.2, 0) is 13.1 Å². The fraction of sp³-hybridized carbons (Fsp3) is 0.346. The lowest BCUT2D eigenvalue weighted by Crippen LogP contribution is -2.38. The van der Waals surface area contributed by atoms with Crippen LogP contribution < -0.4 is 5.32 Å². The van der Waals surface area contributed by atoms with E-state index in [-0.39, 0.29) is 5.91 Å². The van der Waals surface area contributed by atoms with E-state index < -0.39 is 0 Å². The predicted molar refractivity (Wildman–Crippen MR) is 134 cm³/mol. The van der Waals surface area contributed by atoms with Crippen molar-refractivity contribution < 1.29 is 4.79 Å². The lowest BCUT2D eigenvalue weighted by Gasteiger charge is -2.21. The first-order chi connectivity index (χ1) is 16.0. The fourth-order valence-electron chi connectivity index (χ4n) is 3.59. The minimum Gasteiger partial charge on any atom is -0.357 e. The molecule has 1 amide bonds. The van der Waals surface area contributed by atoms with E-state index in [4.69, 9.17) is 4.99 Å². The summed E-state index contributed by atoms with van der Waals surface area (Å²) in [4.78, 5) is 29.1. The van der Waals surface area contributed by atoms with Crippen LogP contribution in [0.3, 0.4) is 0 Å². The van der Waals surface area contributed by atoms with Crippen LogP contribution >= 0.6 is 0 Å². The van der Waals surface area contributed by atoms with Crippen molar-refractivity contribution in [1.29, 1.82) is 0 Å². The van der Waals surface area contributed by atoms with Crippen molar-refractivity contribution in [2.24, 2.45) is 4.99 Å². The number of aliphatic imine (C=N–C) groups is 1. The lowest BCUT2D eigenvalue weighted by atomic mass is 10.1. The van der Waals surface area contributed by atoms with E-state index in [1.807, 2.05) is 74.5 Å². The second-order valence-electron chi connectivity index (χ2n) is 7.81. The molecule has 0 unspecified atom stereocenters. The summed E-state index contributed by atoms with van der Waals surface area (Å²) >= 11 is 0. The van der Waals surface area contributed by atoms with Crippen LogP contribution in [0.15, 0.2) is 65.8 Å². The molecule has 0 bridgehead atoms. The first-order valence-corrected chi connectivity index (χ1v) is 11.5. The van der Waals surface area contributed by atoms with E-state index in [9.17, 15) is 4.79 Å². The molecule has 0 aliphatic rings. The third-order valence-electron chi connectivity index (χ3n) is 5.46. The lowest BCUT2D eigenvalue weighted by molar-refractivity contribution is 0.0773. The SMILES string of the molecule is CCNC(=NCc1ccc(C(=O)N(CC)CC)cc1)N(C)Cc1ncc(-c2ccccc2)[nH]1. The molecule has 7 nitrogen and oxygen atoms in total. The number of aromatic amines is 1. The number of amides is 1. The zero-order valence-corrected chi connectivity index (χ0v) is 20.0. The van der Waals surface area contributed by atoms with Gasteiger partial charge in [-0.25, -0.2) is 9.98 Å². The Morgan fingerprint density at radius 1 is 1.03 bits per heavy atom. The maximum absolute atomic E-state index is 12.5. The predicted octanol–water partition coefficient (Wildman–Crippen LogP) is 4.16. The summed E-state index contributed by atoms with van der Waals surface area (Å²) < 4.78 is 0. The Kier molecular flexibility index (Phi) is 8.63. The first-order valence-electron chi connectivity index (χ1n) is 11.5. The molecule has 0 radical (unpaired) electrons. The van der Waals surface area contributed by atoms with Crippen LogP contribution in [0.2, 0.25) is 0 Å². The van der Waals surface area contributed by atoms with Crippen molar-refractivity contribution in [3.8, 4) is 11.3 Å². The summed E-state index contributed by atoms with van der Waals surface area (Å²) in [6.45, 7) is 9.37. The van der Waals surface area contributed by atoms with Gasteiger partial charge in [0.1, 0.15) is 5.82 Å². The van der Waals surface area contributed by atoms with Crippen molar-refractivity contribution in [2.75, 3.05) is 26.7 Å². The molecular formula is C26H34N6O. The van der Waals surface area contributed by atoms with Gasteiger partial charge in [-0.1, -0.05) is 42.5 Å². The van der Waals surface area contributed by atoms with E-state index in [0.717, 1.165) is 35.1 Å². The van der Waals surface area contributed by atoms with E-state index in [1.54, 1.807) is 0 Å². The van der Waals surface area contributed by atoms with Crippen molar-refractivity contribution in [1.82, 2.24) is 25.1 Å². The number of carbonyl (C=O) groups is 1. The summed E-state index contributed by atoms with van der Waals surface area (Å²) in [5.74, 6) is 1.75. The number of nitrogens with one attached hydrogen (secondary N) is 2. The molecule has 2 N–H and O–H groups in total. The molecule has 2 aromatic carbocycles. The molecule has 1 heterocycles. The van der Waals surface area contributed by atoms with Crippen molar-refractivity contribution in [3.63, 3.8) is 0 Å². The van der Waals surface area contributed by atoms with Gasteiger partial charge < -0.3 is 20.1 Å². The van der Waals surface area contributed by atoms with Gasteiger partial charge >= 0.3 is 0 Å². The van der Waals surface area contributed by atoms with Crippen LogP contribution in [0.4, 0.5) is 0 Å². The number of carbonyl (C=O) groups excluding carboxylic acids is 1. The van der Waals surface area contributed by atoms with Gasteiger partial charge in [0.05, 0.1) is 25.0 Å². The van der Waals surface area contributed by atoms with Gasteiger partial charge in [0.15, 0.2) is 5.96 Å². The summed E-state index contributed by atoms with van der Waals surface area (Å²) in [5.41, 5.74) is 3.88. The van der Waals surface area contributed by atoms with Crippen molar-refractivity contribution in [2.45, 2.75) is 33.9 Å². The number of hydrogen-bond donors (Lipinski definition) is 2. The molecule has 33 heavy (non-hydrogen) atoms. The van der Waals surface area contributed by atoms with Gasteiger partial charge in [0.25, 0.3) is 5.91 Å². The zero-order chi connectivity index (χ0) is 23.6. The quantitative estimate of drug-likeness (QED) is 0.382. The molecule has 3 aromatic rings. The Balaban J connectivity index is 1.65. The highest BCUT2D eigenvalue weighted by Gasteiger charge is 2.13. The zero-order valence-electron chi connectivity index (χ0n) is 20.0. The molecule has 0 fully saturated rings. The minimum absolute atomic E-state index is 0.0662. The number of guanidine groups is 1. The minimum atomic E-state index is 0.0662. The number of H-pyrrole nitrogens is 1. The maximum Gasteiger partial charge on any atom is 0.253 e. The van der Waals surface area contributed by atoms with Gasteiger partial charge in [-0.05, 0) is 44.0 Å². The molecule has 0 saturated heterocycles. The van der Waals surface area contributed by atoms with Crippen LogP contribution in [0.1, 0.15) is 42.5 Å². The average molecular weight is 447 g/mol. The standard InChI is InChI=1S/C26H34N6O/c1-5-27-26(29-17-20-13-15-22(16-14-20)25(33)32(6-2)7-3)31(4)19-24-28-18-23(30-24)21-11-9-8-10-12-21/h8-16,18H,5-7,17,19H2,1-4H3,(H,27,29)(H,28,30). The van der Waals surface area contributed by atoms with Crippen molar-refractivity contribution in [3.05, 3.63) is 77.7 Å². The highest BCUT2D eigenvalue weighted by molar-refractivity contribution is 5.94. The van der Waals surface area contributed by atoms with Gasteiger partial charge in [-0.3, -0.25) is 4.79 Å². The Bertz CT molecular complexity index is 1040. The van der Waals surface area contributed by atoms with Crippen LogP contribution in [0.25, 0.3) is 11.3 Å². The monoisotopic (exact) mass is 446 g/mol. The summed E-state index contributed by atoms with van der Waals surface area (Å²) in [5, 5.41) is 3.34. The Hall–Kier alpha value is -3.61. The second kappa shape index (κ2) is 11.9. The largest absolute Gasteiger partial charge is 0.357 e. The third kappa shape index (κ3) is 6.44. The molecule has 0 atom stereocenters. The molecular weight excluding hydrogens is 412 g/mol. The molecule has 3 rings (SSSR count). The Morgan fingerprint density at radius 3 is 2.36 bits per heavy atom. The molecule has 0 spiro atoms. The highest BCUT2D eigenvalue weighted by Crippen LogP contribution is 2.16. The smallest absolute Gasteiger partial charge is 0.253 e. The van der Waals surface area contributed by atoms with E-state index in [1.165, 1.54) is 0 Å². The first kappa shape index (κ1) is 24.0. The van der Waals surface area contributed by atoms with Gasteiger partial charge in [-0.2, -0.15) is 0 Å². The molecule has 174 valence electrons. The topological polar surface area (TPSA) is 76.6 Å². The Morgan fingerprint density at radius 2 is 1.73 bits per heavy atom. The van der Waals surface area contributed by atoms with Gasteiger partial charge in [-0.15, -0.1) is 0 Å². The number of nitrogens with zero attached hydrogens (tertiary/aromatic N) is 4. The van der Waals surface area contributed by atoms with E-state index in [0.29, 0.717) is 31.7 Å². The van der Waals surface area contributed by atoms with Gasteiger partial charge in [0, 0.05) is 32.2 Å². The number of hydrogen-bond acceptors (Lipinski definition) is 3. The van der Waals surface area contributed by atoms with Crippen LogP contribution in [0, 0.1) is 0 Å². The molecule has 7 heteroatoms. The number of benzene rings is 2. The number of imidazole rings is 1. The third-order valence-corrected chi connectivity index (χ3v) is 5.46. The Labute approximate surface area is 196 Å². The normalized spacial score (nSPS) is 11.3. The van der Waals surface area contributed by atoms with E-state index >= 15 is 0 Å². The second-order valence-corrected chi connectivity index (χ2v) is 7.81. The average Bonchev–Trinajstić information content (AvgIpc) is 3.31. The number of aromatic nitrogens is 2. The molecule has 0 aliphatic heterocycles. The molecule has 1 aromatic heterocycles. The summed E-state index contributed by atoms with van der Waals surface area (Å²) in [6.07, 6.45) is 1.86. The van der Waals surface area contributed by atoms with Gasteiger partial charge in [0.2, 0.25) is 0 Å². The maximum atomic E-state index is 12.5. The summed E-state index contributed by atoms with van der Waals surface area (Å²) in [7, 11) is 2.00. The molecule has 0 aliphatic carbocycles. The van der Waals surface area contributed by atoms with Crippen LogP contribution in [-0.4, -0.2) is 58.3 Å². The highest BCUT2D eigenvalue weighted by atomic mass is 16.2. The van der Waals surface area contributed by atoms with Crippen molar-refractivity contribution >= 4 is 11.9 Å². The molecule has 0 saturated carbocycles. The number of rotatable bonds is 9. The fourth-order valence-corrected chi connectivity index (χ4v) is 3.59. The van der Waals surface area contributed by atoms with E-state index in [2.05, 4.69) is 39.2 Å². The summed E-state index contributed by atoms with van der Waals surface area (Å²) in [6, 6.07) is 17.9.